The van der Waals surface area contributed by atoms with Gasteiger partial charge in [-0.15, -0.1) is 0 Å². The Morgan fingerprint density at radius 3 is 2.29 bits per heavy atom. The van der Waals surface area contributed by atoms with Crippen LogP contribution in [0.2, 0.25) is 5.15 Å². The Balaban J connectivity index is 2.50. The van der Waals surface area contributed by atoms with Crippen LogP contribution in [-0.2, 0) is 10.0 Å². The van der Waals surface area contributed by atoms with Gasteiger partial charge in [0.1, 0.15) is 10.0 Å². The van der Waals surface area contributed by atoms with Gasteiger partial charge >= 0.3 is 0 Å². The van der Waals surface area contributed by atoms with Gasteiger partial charge in [-0.25, -0.2) is 13.4 Å². The number of pyridine rings is 1. The van der Waals surface area contributed by atoms with Crippen LogP contribution in [-0.4, -0.2) is 13.4 Å². The second kappa shape index (κ2) is 6.54. The van der Waals surface area contributed by atoms with Crippen molar-refractivity contribution in [2.75, 3.05) is 4.72 Å². The summed E-state index contributed by atoms with van der Waals surface area (Å²) in [5, 5.41) is -0.0925. The third-order valence-electron chi connectivity index (χ3n) is 2.49. The quantitative estimate of drug-likeness (QED) is 0.572. The van der Waals surface area contributed by atoms with E-state index in [1.807, 2.05) is 19.1 Å². The standard InChI is InChI=1S/C12H8Br3ClN2O2S/c1-6-2-8(14)11(9(15)3-6)18-21(19,20)10-4-7(13)5-17-12(10)16/h2-5,18H,1H3. The zero-order chi connectivity index (χ0) is 15.8. The molecule has 0 saturated heterocycles. The Kier molecular flexibility index (Phi) is 5.36. The number of halogens is 4. The van der Waals surface area contributed by atoms with Gasteiger partial charge in [-0.2, -0.15) is 0 Å². The van der Waals surface area contributed by atoms with E-state index < -0.39 is 10.0 Å². The highest BCUT2D eigenvalue weighted by molar-refractivity contribution is 9.11. The van der Waals surface area contributed by atoms with Crippen LogP contribution in [0.3, 0.4) is 0 Å². The van der Waals surface area contributed by atoms with Crippen LogP contribution >= 0.6 is 59.4 Å². The number of aromatic nitrogens is 1. The number of nitrogens with zero attached hydrogens (tertiary/aromatic N) is 1. The average Bonchev–Trinajstić information content (AvgIpc) is 2.36. The summed E-state index contributed by atoms with van der Waals surface area (Å²) in [6.45, 7) is 1.91. The van der Waals surface area contributed by atoms with Gasteiger partial charge in [0.05, 0.1) is 5.69 Å². The first kappa shape index (κ1) is 17.2. The number of aryl methyl sites for hydroxylation is 1. The van der Waals surface area contributed by atoms with E-state index in [4.69, 9.17) is 11.6 Å². The lowest BCUT2D eigenvalue weighted by Crippen LogP contribution is -2.15. The number of sulfonamides is 1. The summed E-state index contributed by atoms with van der Waals surface area (Å²) < 4.78 is 29.2. The van der Waals surface area contributed by atoms with Crippen molar-refractivity contribution in [3.8, 4) is 0 Å². The fourth-order valence-electron chi connectivity index (χ4n) is 1.58. The molecule has 0 aliphatic rings. The normalized spacial score (nSPS) is 11.5. The SMILES string of the molecule is Cc1cc(Br)c(NS(=O)(=O)c2cc(Br)cnc2Cl)c(Br)c1. The van der Waals surface area contributed by atoms with Crippen molar-refractivity contribution in [1.82, 2.24) is 4.98 Å². The Hall–Kier alpha value is -0.150. The molecule has 0 saturated carbocycles. The maximum atomic E-state index is 12.5. The van der Waals surface area contributed by atoms with Crippen LogP contribution in [0.1, 0.15) is 5.56 Å². The fraction of sp³-hybridized carbons (Fsp3) is 0.0833. The smallest absolute Gasteiger partial charge is 0.265 e. The molecule has 0 atom stereocenters. The molecule has 0 spiro atoms. The third-order valence-corrected chi connectivity index (χ3v) is 5.95. The largest absolute Gasteiger partial charge is 0.277 e. The molecule has 0 aliphatic carbocycles. The summed E-state index contributed by atoms with van der Waals surface area (Å²) in [6.07, 6.45) is 1.43. The Labute approximate surface area is 152 Å². The van der Waals surface area contributed by atoms with Crippen molar-refractivity contribution < 1.29 is 8.42 Å². The summed E-state index contributed by atoms with van der Waals surface area (Å²) in [5.41, 5.74) is 1.38. The van der Waals surface area contributed by atoms with Crippen molar-refractivity contribution >= 4 is 75.1 Å². The number of anilines is 1. The van der Waals surface area contributed by atoms with Crippen LogP contribution in [0.25, 0.3) is 0 Å². The Morgan fingerprint density at radius 2 is 1.71 bits per heavy atom. The van der Waals surface area contributed by atoms with Crippen molar-refractivity contribution in [3.63, 3.8) is 0 Å². The maximum absolute atomic E-state index is 12.5. The molecule has 21 heavy (non-hydrogen) atoms. The molecule has 0 unspecified atom stereocenters. The van der Waals surface area contributed by atoms with Gasteiger partial charge in [0.15, 0.2) is 0 Å². The van der Waals surface area contributed by atoms with E-state index in [9.17, 15) is 8.42 Å². The lowest BCUT2D eigenvalue weighted by molar-refractivity contribution is 0.600. The highest BCUT2D eigenvalue weighted by atomic mass is 79.9. The van der Waals surface area contributed by atoms with Gasteiger partial charge in [-0.3, -0.25) is 4.72 Å². The lowest BCUT2D eigenvalue weighted by Gasteiger charge is -2.13. The molecule has 1 aromatic carbocycles. The van der Waals surface area contributed by atoms with E-state index in [-0.39, 0.29) is 10.0 Å². The van der Waals surface area contributed by atoms with E-state index in [0.717, 1.165) is 5.56 Å². The van der Waals surface area contributed by atoms with Crippen LogP contribution < -0.4 is 4.72 Å². The van der Waals surface area contributed by atoms with Crippen molar-refractivity contribution in [2.45, 2.75) is 11.8 Å². The molecule has 0 amide bonds. The van der Waals surface area contributed by atoms with E-state index >= 15 is 0 Å². The zero-order valence-electron chi connectivity index (χ0n) is 10.5. The predicted molar refractivity (Wildman–Crippen MR) is 94.3 cm³/mol. The number of hydrogen-bond donors (Lipinski definition) is 1. The molecule has 9 heteroatoms. The zero-order valence-corrected chi connectivity index (χ0v) is 16.8. The molecule has 0 bridgehead atoms. The topological polar surface area (TPSA) is 59.1 Å². The van der Waals surface area contributed by atoms with Crippen LogP contribution in [0, 0.1) is 6.92 Å². The van der Waals surface area contributed by atoms with Gasteiger partial charge < -0.3 is 0 Å². The average molecular weight is 519 g/mol. The Morgan fingerprint density at radius 1 is 1.14 bits per heavy atom. The summed E-state index contributed by atoms with van der Waals surface area (Å²) in [7, 11) is -3.86. The number of hydrogen-bond acceptors (Lipinski definition) is 3. The first-order chi connectivity index (χ1) is 9.70. The van der Waals surface area contributed by atoms with Gasteiger partial charge in [0.2, 0.25) is 0 Å². The minimum atomic E-state index is -3.86. The molecule has 112 valence electrons. The summed E-state index contributed by atoms with van der Waals surface area (Å²) in [5.74, 6) is 0. The molecule has 1 N–H and O–H groups in total. The Bertz CT molecular complexity index is 789. The van der Waals surface area contributed by atoms with Gasteiger partial charge in [0.25, 0.3) is 10.0 Å². The first-order valence-corrected chi connectivity index (χ1v) is 9.74. The number of rotatable bonds is 3. The molecule has 0 aliphatic heterocycles. The van der Waals surface area contributed by atoms with E-state index in [0.29, 0.717) is 19.1 Å². The molecule has 2 aromatic rings. The van der Waals surface area contributed by atoms with Crippen LogP contribution in [0.5, 0.6) is 0 Å². The number of benzene rings is 1. The van der Waals surface area contributed by atoms with E-state index in [2.05, 4.69) is 57.5 Å². The van der Waals surface area contributed by atoms with Crippen LogP contribution in [0.4, 0.5) is 5.69 Å². The predicted octanol–water partition coefficient (Wildman–Crippen LogP) is 5.13. The van der Waals surface area contributed by atoms with Crippen molar-refractivity contribution in [1.29, 1.82) is 0 Å². The second-order valence-corrected chi connectivity index (χ2v) is 8.78. The molecule has 4 nitrogen and oxygen atoms in total. The highest BCUT2D eigenvalue weighted by Crippen LogP contribution is 2.35. The minimum Gasteiger partial charge on any atom is -0.277 e. The second-order valence-electron chi connectivity index (χ2n) is 4.15. The molecule has 1 aromatic heterocycles. The van der Waals surface area contributed by atoms with Crippen molar-refractivity contribution in [2.24, 2.45) is 0 Å². The first-order valence-electron chi connectivity index (χ1n) is 5.50. The summed E-state index contributed by atoms with van der Waals surface area (Å²) >= 11 is 15.7. The summed E-state index contributed by atoms with van der Waals surface area (Å²) in [4.78, 5) is 3.72. The monoisotopic (exact) mass is 516 g/mol. The highest BCUT2D eigenvalue weighted by Gasteiger charge is 2.22. The minimum absolute atomic E-state index is 0.0925. The van der Waals surface area contributed by atoms with Crippen molar-refractivity contribution in [3.05, 3.63) is 48.5 Å². The molecular formula is C12H8Br3ClN2O2S. The third kappa shape index (κ3) is 3.98. The van der Waals surface area contributed by atoms with Gasteiger partial charge in [-0.05, 0) is 78.5 Å². The fourth-order valence-corrected chi connectivity index (χ4v) is 5.50. The lowest BCUT2D eigenvalue weighted by atomic mass is 10.2. The molecule has 2 rings (SSSR count). The number of nitrogens with one attached hydrogen (secondary N) is 1. The maximum Gasteiger partial charge on any atom is 0.265 e. The van der Waals surface area contributed by atoms with E-state index in [1.165, 1.54) is 12.3 Å². The molecule has 0 fully saturated rings. The molecule has 0 radical (unpaired) electrons. The van der Waals surface area contributed by atoms with Gasteiger partial charge in [0, 0.05) is 19.6 Å². The van der Waals surface area contributed by atoms with Crippen LogP contribution in [0.15, 0.2) is 42.7 Å². The van der Waals surface area contributed by atoms with Gasteiger partial charge in [-0.1, -0.05) is 11.6 Å². The molecule has 1 heterocycles. The molecular weight excluding hydrogens is 511 g/mol. The van der Waals surface area contributed by atoms with E-state index in [1.54, 1.807) is 0 Å². The summed E-state index contributed by atoms with van der Waals surface area (Å²) in [6, 6.07) is 5.01.